The van der Waals surface area contributed by atoms with Crippen LogP contribution in [0.1, 0.15) is 21.6 Å². The number of nitrogens with one attached hydrogen (secondary N) is 2. The normalized spacial score (nSPS) is 10.5. The molecule has 2 N–H and O–H groups in total. The Morgan fingerprint density at radius 2 is 1.96 bits per heavy atom. The maximum absolute atomic E-state index is 12.9. The van der Waals surface area contributed by atoms with Gasteiger partial charge in [0.1, 0.15) is 11.5 Å². The van der Waals surface area contributed by atoms with Crippen molar-refractivity contribution in [1.82, 2.24) is 15.5 Å². The zero-order valence-electron chi connectivity index (χ0n) is 12.6. The maximum atomic E-state index is 12.9. The molecule has 1 amide bonds. The van der Waals surface area contributed by atoms with Crippen LogP contribution in [0, 0.1) is 12.7 Å². The van der Waals surface area contributed by atoms with Crippen molar-refractivity contribution in [3.8, 4) is 11.3 Å². The Morgan fingerprint density at radius 1 is 1.17 bits per heavy atom. The van der Waals surface area contributed by atoms with Crippen LogP contribution in [-0.2, 0) is 6.54 Å². The van der Waals surface area contributed by atoms with Gasteiger partial charge in [-0.1, -0.05) is 29.8 Å². The third kappa shape index (κ3) is 3.63. The summed E-state index contributed by atoms with van der Waals surface area (Å²) in [6.07, 6.45) is 0. The third-order valence-electron chi connectivity index (χ3n) is 3.50. The first-order chi connectivity index (χ1) is 11.1. The molecule has 5 heteroatoms. The molecule has 0 saturated carbocycles. The van der Waals surface area contributed by atoms with E-state index in [1.54, 1.807) is 18.2 Å². The van der Waals surface area contributed by atoms with E-state index in [9.17, 15) is 9.18 Å². The average molecular weight is 309 g/mol. The van der Waals surface area contributed by atoms with Gasteiger partial charge in [-0.2, -0.15) is 5.10 Å². The highest BCUT2D eigenvalue weighted by Crippen LogP contribution is 2.18. The van der Waals surface area contributed by atoms with Crippen molar-refractivity contribution in [2.24, 2.45) is 0 Å². The smallest absolute Gasteiger partial charge is 0.269 e. The van der Waals surface area contributed by atoms with Crippen molar-refractivity contribution in [2.45, 2.75) is 13.5 Å². The Balaban J connectivity index is 1.67. The predicted octanol–water partition coefficient (Wildman–Crippen LogP) is 3.45. The van der Waals surface area contributed by atoms with Gasteiger partial charge >= 0.3 is 0 Å². The van der Waals surface area contributed by atoms with Crippen LogP contribution < -0.4 is 5.32 Å². The summed E-state index contributed by atoms with van der Waals surface area (Å²) in [5, 5.41) is 9.65. The molecule has 4 nitrogen and oxygen atoms in total. The van der Waals surface area contributed by atoms with Crippen molar-refractivity contribution in [2.75, 3.05) is 0 Å². The van der Waals surface area contributed by atoms with Gasteiger partial charge in [0.05, 0.1) is 5.69 Å². The second kappa shape index (κ2) is 6.44. The van der Waals surface area contributed by atoms with Gasteiger partial charge in [0.2, 0.25) is 0 Å². The quantitative estimate of drug-likeness (QED) is 0.775. The summed E-state index contributed by atoms with van der Waals surface area (Å²) >= 11 is 0. The first-order valence-corrected chi connectivity index (χ1v) is 7.27. The van der Waals surface area contributed by atoms with Gasteiger partial charge in [-0.05, 0) is 42.8 Å². The predicted molar refractivity (Wildman–Crippen MR) is 86.3 cm³/mol. The molecule has 1 heterocycles. The third-order valence-corrected chi connectivity index (χ3v) is 3.50. The molecule has 0 atom stereocenters. The fourth-order valence-corrected chi connectivity index (χ4v) is 2.31. The summed E-state index contributed by atoms with van der Waals surface area (Å²) in [5.41, 5.74) is 3.91. The number of carbonyl (C=O) groups is 1. The number of halogens is 1. The summed E-state index contributed by atoms with van der Waals surface area (Å²) in [4.78, 5) is 12.2. The minimum Gasteiger partial charge on any atom is -0.347 e. The lowest BCUT2D eigenvalue weighted by Gasteiger charge is -2.04. The maximum Gasteiger partial charge on any atom is 0.269 e. The highest BCUT2D eigenvalue weighted by atomic mass is 19.1. The highest BCUT2D eigenvalue weighted by molar-refractivity contribution is 5.93. The number of aromatic amines is 1. The molecule has 3 rings (SSSR count). The van der Waals surface area contributed by atoms with Gasteiger partial charge in [0.25, 0.3) is 5.91 Å². The molecule has 0 unspecified atom stereocenters. The van der Waals surface area contributed by atoms with Gasteiger partial charge in [0, 0.05) is 12.1 Å². The van der Waals surface area contributed by atoms with Crippen molar-refractivity contribution in [3.63, 3.8) is 0 Å². The van der Waals surface area contributed by atoms with E-state index in [0.717, 1.165) is 16.7 Å². The fourth-order valence-electron chi connectivity index (χ4n) is 2.31. The molecule has 0 saturated heterocycles. The number of carbonyl (C=O) groups excluding carboxylic acids is 1. The lowest BCUT2D eigenvalue weighted by atomic mass is 10.1. The lowest BCUT2D eigenvalue weighted by Crippen LogP contribution is -2.23. The number of benzene rings is 2. The first-order valence-electron chi connectivity index (χ1n) is 7.27. The first kappa shape index (κ1) is 15.0. The van der Waals surface area contributed by atoms with Gasteiger partial charge in [-0.3, -0.25) is 9.89 Å². The average Bonchev–Trinajstić information content (AvgIpc) is 3.03. The van der Waals surface area contributed by atoms with E-state index in [1.165, 1.54) is 12.1 Å². The van der Waals surface area contributed by atoms with Gasteiger partial charge in [0.15, 0.2) is 0 Å². The number of rotatable bonds is 4. The zero-order valence-corrected chi connectivity index (χ0v) is 12.6. The minimum atomic E-state index is -0.305. The van der Waals surface area contributed by atoms with E-state index >= 15 is 0 Å². The number of nitrogens with zero attached hydrogens (tertiary/aromatic N) is 1. The molecule has 116 valence electrons. The van der Waals surface area contributed by atoms with Crippen LogP contribution >= 0.6 is 0 Å². The number of aryl methyl sites for hydroxylation is 1. The van der Waals surface area contributed by atoms with E-state index in [2.05, 4.69) is 15.5 Å². The van der Waals surface area contributed by atoms with Crippen LogP contribution in [0.25, 0.3) is 11.3 Å². The molecule has 1 aromatic heterocycles. The van der Waals surface area contributed by atoms with Crippen molar-refractivity contribution >= 4 is 5.91 Å². The molecule has 23 heavy (non-hydrogen) atoms. The van der Waals surface area contributed by atoms with Crippen LogP contribution in [0.15, 0.2) is 54.6 Å². The molecule has 0 spiro atoms. The lowest BCUT2D eigenvalue weighted by molar-refractivity contribution is 0.0946. The van der Waals surface area contributed by atoms with Crippen LogP contribution in [0.2, 0.25) is 0 Å². The molecule has 0 aliphatic rings. The molecular formula is C18H16FN3O. The Labute approximate surface area is 133 Å². The zero-order chi connectivity index (χ0) is 16.2. The molecular weight excluding hydrogens is 293 g/mol. The molecule has 2 aromatic carbocycles. The molecule has 0 fully saturated rings. The largest absolute Gasteiger partial charge is 0.347 e. The van der Waals surface area contributed by atoms with E-state index in [1.807, 2.05) is 31.2 Å². The summed E-state index contributed by atoms with van der Waals surface area (Å²) in [6, 6.07) is 15.6. The monoisotopic (exact) mass is 309 g/mol. The molecule has 0 radical (unpaired) electrons. The fraction of sp³-hybridized carbons (Fsp3) is 0.111. The van der Waals surface area contributed by atoms with Crippen molar-refractivity contribution < 1.29 is 9.18 Å². The SMILES string of the molecule is Cc1cccc(CNC(=O)c2cc(-c3ccc(F)cc3)n[nH]2)c1. The summed E-state index contributed by atoms with van der Waals surface area (Å²) in [5.74, 6) is -0.534. The molecule has 0 aliphatic carbocycles. The Hall–Kier alpha value is -2.95. The van der Waals surface area contributed by atoms with E-state index < -0.39 is 0 Å². The molecule has 0 aliphatic heterocycles. The summed E-state index contributed by atoms with van der Waals surface area (Å²) in [6.45, 7) is 2.46. The summed E-state index contributed by atoms with van der Waals surface area (Å²) in [7, 11) is 0. The van der Waals surface area contributed by atoms with Crippen LogP contribution in [-0.4, -0.2) is 16.1 Å². The number of hydrogen-bond donors (Lipinski definition) is 2. The highest BCUT2D eigenvalue weighted by Gasteiger charge is 2.11. The molecule has 0 bridgehead atoms. The van der Waals surface area contributed by atoms with E-state index in [-0.39, 0.29) is 11.7 Å². The Morgan fingerprint density at radius 3 is 2.70 bits per heavy atom. The number of amides is 1. The topological polar surface area (TPSA) is 57.8 Å². The number of H-pyrrole nitrogens is 1. The van der Waals surface area contributed by atoms with Crippen molar-refractivity contribution in [1.29, 1.82) is 0 Å². The Kier molecular flexibility index (Phi) is 4.19. The van der Waals surface area contributed by atoms with Crippen LogP contribution in [0.3, 0.4) is 0 Å². The van der Waals surface area contributed by atoms with Crippen LogP contribution in [0.4, 0.5) is 4.39 Å². The van der Waals surface area contributed by atoms with Gasteiger partial charge < -0.3 is 5.32 Å². The second-order valence-electron chi connectivity index (χ2n) is 5.35. The van der Waals surface area contributed by atoms with Crippen molar-refractivity contribution in [3.05, 3.63) is 77.2 Å². The summed E-state index contributed by atoms with van der Waals surface area (Å²) < 4.78 is 12.9. The number of hydrogen-bond acceptors (Lipinski definition) is 2. The molecule has 3 aromatic rings. The second-order valence-corrected chi connectivity index (χ2v) is 5.35. The Bertz CT molecular complexity index is 824. The minimum absolute atomic E-state index is 0.229. The number of aromatic nitrogens is 2. The van der Waals surface area contributed by atoms with Crippen LogP contribution in [0.5, 0.6) is 0 Å². The van der Waals surface area contributed by atoms with E-state index in [0.29, 0.717) is 17.9 Å². The van der Waals surface area contributed by atoms with Gasteiger partial charge in [-0.15, -0.1) is 0 Å². The standard InChI is InChI=1S/C18H16FN3O/c1-12-3-2-4-13(9-12)11-20-18(23)17-10-16(21-22-17)14-5-7-15(19)8-6-14/h2-10H,11H2,1H3,(H,20,23)(H,21,22). The van der Waals surface area contributed by atoms with E-state index in [4.69, 9.17) is 0 Å². The van der Waals surface area contributed by atoms with Gasteiger partial charge in [-0.25, -0.2) is 4.39 Å².